The van der Waals surface area contributed by atoms with Gasteiger partial charge in [-0.05, 0) is 70.5 Å². The molecule has 0 saturated carbocycles. The van der Waals surface area contributed by atoms with Crippen molar-refractivity contribution in [3.05, 3.63) is 52.1 Å². The minimum Gasteiger partial charge on any atom is -0.461 e. The summed E-state index contributed by atoms with van der Waals surface area (Å²) in [4.78, 5) is 23.4. The first-order chi connectivity index (χ1) is 22.2. The van der Waals surface area contributed by atoms with Crippen molar-refractivity contribution in [2.45, 2.75) is 56.2 Å². The average Bonchev–Trinajstić information content (AvgIpc) is 3.67. The van der Waals surface area contributed by atoms with Crippen molar-refractivity contribution in [2.24, 2.45) is 0 Å². The number of ether oxygens (including phenoxy) is 2. The van der Waals surface area contributed by atoms with Gasteiger partial charge in [0.05, 0.1) is 20.8 Å². The minimum absolute atomic E-state index is 0.00672. The highest BCUT2D eigenvalue weighted by atomic mass is 35.5. The lowest BCUT2D eigenvalue weighted by atomic mass is 9.94. The number of nitrogens with zero attached hydrogens (tertiary/aromatic N) is 4. The van der Waals surface area contributed by atoms with Crippen LogP contribution in [0, 0.1) is 23.0 Å². The number of carbonyl (C=O) groups excluding carboxylic acids is 1. The van der Waals surface area contributed by atoms with E-state index in [2.05, 4.69) is 15.3 Å². The zero-order valence-corrected chi connectivity index (χ0v) is 28.1. The van der Waals surface area contributed by atoms with Crippen molar-refractivity contribution in [1.29, 1.82) is 5.26 Å². The Labute approximate surface area is 280 Å². The summed E-state index contributed by atoms with van der Waals surface area (Å²) < 4.78 is 70.1. The highest BCUT2D eigenvalue weighted by Crippen LogP contribution is 2.47. The van der Waals surface area contributed by atoms with E-state index in [-0.39, 0.29) is 73.5 Å². The molecule has 2 saturated heterocycles. The first kappa shape index (κ1) is 33.3. The summed E-state index contributed by atoms with van der Waals surface area (Å²) in [6.07, 6.45) is 0.891. The molecule has 6 rings (SSSR count). The zero-order valence-electron chi connectivity index (χ0n) is 25.7. The fourth-order valence-electron chi connectivity index (χ4n) is 6.25. The second-order valence-corrected chi connectivity index (χ2v) is 14.6. The lowest BCUT2D eigenvalue weighted by Crippen LogP contribution is -2.43. The predicted molar refractivity (Wildman–Crippen MR) is 175 cm³/mol. The summed E-state index contributed by atoms with van der Waals surface area (Å²) in [5.74, 6) is -1.54. The number of anilines is 1. The number of thiophene rings is 1. The number of hydrogen-bond donors (Lipinski definition) is 1. The maximum absolute atomic E-state index is 16.7. The number of nitriles is 1. The van der Waals surface area contributed by atoms with Crippen molar-refractivity contribution < 1.29 is 31.8 Å². The smallest absolute Gasteiger partial charge is 0.412 e. The third kappa shape index (κ3) is 6.10. The first-order valence-corrected chi connectivity index (χ1v) is 17.0. The monoisotopic (exact) mass is 705 g/mol. The fourth-order valence-corrected chi connectivity index (χ4v) is 8.16. The Morgan fingerprint density at radius 2 is 2.04 bits per heavy atom. The summed E-state index contributed by atoms with van der Waals surface area (Å²) in [6, 6.07) is 5.81. The number of amides is 1. The van der Waals surface area contributed by atoms with Crippen LogP contribution in [0.3, 0.4) is 0 Å². The molecule has 8 nitrogen and oxygen atoms in total. The molecule has 2 aliphatic heterocycles. The van der Waals surface area contributed by atoms with Gasteiger partial charge in [0.1, 0.15) is 39.6 Å². The van der Waals surface area contributed by atoms with Crippen molar-refractivity contribution in [2.75, 3.05) is 31.3 Å². The number of halogens is 5. The highest BCUT2D eigenvalue weighted by molar-refractivity contribution is 7.98. The molecule has 15 heteroatoms. The molecule has 0 aliphatic carbocycles. The van der Waals surface area contributed by atoms with Gasteiger partial charge >= 0.3 is 12.1 Å². The third-order valence-corrected chi connectivity index (χ3v) is 10.3. The van der Waals surface area contributed by atoms with Crippen molar-refractivity contribution in [3.63, 3.8) is 0 Å². The summed E-state index contributed by atoms with van der Waals surface area (Å²) in [5.41, 5.74) is -1.61. The molecule has 0 spiro atoms. The Morgan fingerprint density at radius 3 is 2.72 bits per heavy atom. The molecule has 2 aliphatic rings. The Hall–Kier alpha value is -3.64. The molecule has 2 aromatic heterocycles. The summed E-state index contributed by atoms with van der Waals surface area (Å²) in [5, 5.41) is 13.4. The van der Waals surface area contributed by atoms with Gasteiger partial charge in [0.25, 0.3) is 6.08 Å². The molecule has 4 aromatic rings. The van der Waals surface area contributed by atoms with Crippen LogP contribution in [0.15, 0.2) is 34.9 Å². The number of carbonyl (C=O) groups is 1. The fraction of sp³-hybridized carbons (Fsp3) is 0.375. The Bertz CT molecular complexity index is 2020. The van der Waals surface area contributed by atoms with Crippen LogP contribution in [0.2, 0.25) is 5.02 Å². The maximum atomic E-state index is 16.7. The van der Waals surface area contributed by atoms with Gasteiger partial charge in [0.15, 0.2) is 5.82 Å². The van der Waals surface area contributed by atoms with Crippen LogP contribution in [0.1, 0.15) is 45.6 Å². The van der Waals surface area contributed by atoms with E-state index >= 15 is 8.78 Å². The van der Waals surface area contributed by atoms with Gasteiger partial charge in [-0.2, -0.15) is 24.0 Å². The predicted octanol–water partition coefficient (Wildman–Crippen LogP) is 9.15. The van der Waals surface area contributed by atoms with E-state index < -0.39 is 34.9 Å². The van der Waals surface area contributed by atoms with Gasteiger partial charge in [0.2, 0.25) is 0 Å². The Morgan fingerprint density at radius 1 is 1.28 bits per heavy atom. The van der Waals surface area contributed by atoms with E-state index in [4.69, 9.17) is 21.1 Å². The number of thioether (sulfide) groups is 1. The SMILES string of the molecule is CSc1nc(OC[C@]23CCCN2CC(=C(F)F)C3)nc2c(F)c(-c3ccc(F)c4sc(NC(=O)OC(C)(C)C)c(C#N)c34)c(Cl)cc12. The van der Waals surface area contributed by atoms with Gasteiger partial charge in [-0.15, -0.1) is 23.1 Å². The number of hydrogen-bond acceptors (Lipinski definition) is 9. The van der Waals surface area contributed by atoms with Crippen LogP contribution in [0.5, 0.6) is 6.01 Å². The molecule has 1 N–H and O–H groups in total. The number of aromatic nitrogens is 2. The molecule has 4 heterocycles. The van der Waals surface area contributed by atoms with E-state index in [1.165, 1.54) is 23.9 Å². The summed E-state index contributed by atoms with van der Waals surface area (Å²) in [7, 11) is 0. The van der Waals surface area contributed by atoms with Crippen LogP contribution in [-0.2, 0) is 4.74 Å². The minimum atomic E-state index is -1.68. The Kier molecular flexibility index (Phi) is 8.80. The molecule has 246 valence electrons. The molecule has 2 aromatic carbocycles. The third-order valence-electron chi connectivity index (χ3n) is 8.21. The second-order valence-electron chi connectivity index (χ2n) is 12.4. The topological polar surface area (TPSA) is 100 Å². The maximum Gasteiger partial charge on any atom is 0.412 e. The quantitative estimate of drug-likeness (QED) is 0.120. The number of fused-ring (bicyclic) bond motifs is 3. The number of nitrogens with one attached hydrogen (secondary N) is 1. The van der Waals surface area contributed by atoms with Gasteiger partial charge in [-0.1, -0.05) is 17.7 Å². The van der Waals surface area contributed by atoms with E-state index in [1.54, 1.807) is 27.0 Å². The van der Waals surface area contributed by atoms with E-state index in [0.29, 0.717) is 23.4 Å². The van der Waals surface area contributed by atoms with Crippen LogP contribution >= 0.6 is 34.7 Å². The van der Waals surface area contributed by atoms with E-state index in [9.17, 15) is 18.8 Å². The van der Waals surface area contributed by atoms with Gasteiger partial charge in [-0.3, -0.25) is 10.2 Å². The molecule has 0 radical (unpaired) electrons. The molecule has 0 bridgehead atoms. The molecule has 47 heavy (non-hydrogen) atoms. The van der Waals surface area contributed by atoms with E-state index in [1.807, 2.05) is 11.0 Å². The largest absolute Gasteiger partial charge is 0.461 e. The van der Waals surface area contributed by atoms with Gasteiger partial charge < -0.3 is 9.47 Å². The van der Waals surface area contributed by atoms with Crippen LogP contribution < -0.4 is 10.1 Å². The molecule has 1 amide bonds. The number of benzene rings is 2. The van der Waals surface area contributed by atoms with Gasteiger partial charge in [-0.25, -0.2) is 13.6 Å². The summed E-state index contributed by atoms with van der Waals surface area (Å²) in [6.45, 7) is 5.90. The molecular formula is C32H28ClF4N5O3S2. The Balaban J connectivity index is 1.44. The summed E-state index contributed by atoms with van der Waals surface area (Å²) >= 11 is 8.72. The average molecular weight is 706 g/mol. The van der Waals surface area contributed by atoms with Crippen LogP contribution in [0.25, 0.3) is 32.1 Å². The van der Waals surface area contributed by atoms with Crippen LogP contribution in [-0.4, -0.2) is 58.1 Å². The van der Waals surface area contributed by atoms with Crippen molar-refractivity contribution >= 4 is 66.8 Å². The lowest BCUT2D eigenvalue weighted by molar-refractivity contribution is 0.0636. The lowest BCUT2D eigenvalue weighted by Gasteiger charge is -2.30. The van der Waals surface area contributed by atoms with Crippen molar-refractivity contribution in [3.8, 4) is 23.2 Å². The van der Waals surface area contributed by atoms with Crippen LogP contribution in [0.4, 0.5) is 27.4 Å². The van der Waals surface area contributed by atoms with E-state index in [0.717, 1.165) is 23.8 Å². The second kappa shape index (κ2) is 12.4. The highest BCUT2D eigenvalue weighted by Gasteiger charge is 2.48. The molecular weight excluding hydrogens is 678 g/mol. The van der Waals surface area contributed by atoms with Gasteiger partial charge in [0, 0.05) is 28.5 Å². The molecule has 0 unspecified atom stereocenters. The normalized spacial score (nSPS) is 18.1. The zero-order chi connectivity index (χ0) is 33.8. The standard InChI is InChI=1S/C32H28ClF4N5O3S2/c1-31(2,3)45-30(43)41-28-18(12-38)21-16(6-7-20(34)25(21)47-28)22-19(33)10-17-24(23(22)35)39-29(40-27(17)46-4)44-14-32-8-5-9-42(32)13-15(11-32)26(36)37/h6-7,10H,5,8-9,11,13-14H2,1-4H3,(H,41,43)/t32-/m1/s1. The molecule has 1 atom stereocenters. The molecule has 2 fully saturated rings. The van der Waals surface area contributed by atoms with Crippen molar-refractivity contribution in [1.82, 2.24) is 14.9 Å². The number of rotatable bonds is 6. The first-order valence-electron chi connectivity index (χ1n) is 14.6.